The molecule has 1 amide bonds. The van der Waals surface area contributed by atoms with Crippen molar-refractivity contribution in [3.63, 3.8) is 0 Å². The number of nitrogens with one attached hydrogen (secondary N) is 1. The van der Waals surface area contributed by atoms with Crippen molar-refractivity contribution in [3.8, 4) is 0 Å². The molecule has 0 radical (unpaired) electrons. The van der Waals surface area contributed by atoms with Gasteiger partial charge in [0.1, 0.15) is 0 Å². The van der Waals surface area contributed by atoms with E-state index in [2.05, 4.69) is 5.32 Å². The first-order valence-corrected chi connectivity index (χ1v) is 7.85. The number of rotatable bonds is 4. The first-order valence-electron chi connectivity index (χ1n) is 7.85. The summed E-state index contributed by atoms with van der Waals surface area (Å²) >= 11 is 0. The van der Waals surface area contributed by atoms with Crippen LogP contribution in [0, 0.1) is 0 Å². The van der Waals surface area contributed by atoms with E-state index in [1.807, 2.05) is 0 Å². The van der Waals surface area contributed by atoms with Gasteiger partial charge in [0.2, 0.25) is 0 Å². The summed E-state index contributed by atoms with van der Waals surface area (Å²) in [5, 5.41) is 3.03. The van der Waals surface area contributed by atoms with E-state index in [-0.39, 0.29) is 18.7 Å². The largest absolute Gasteiger partial charge is 0.416 e. The molecule has 0 aliphatic carbocycles. The van der Waals surface area contributed by atoms with Gasteiger partial charge >= 0.3 is 12.4 Å². The summed E-state index contributed by atoms with van der Waals surface area (Å²) in [6.07, 6.45) is -8.79. The fourth-order valence-electron chi connectivity index (χ4n) is 2.84. The van der Waals surface area contributed by atoms with Gasteiger partial charge in [0.15, 0.2) is 0 Å². The summed E-state index contributed by atoms with van der Waals surface area (Å²) in [4.78, 5) is 14.0. The lowest BCUT2D eigenvalue weighted by molar-refractivity contribution is -0.143. The van der Waals surface area contributed by atoms with Crippen LogP contribution < -0.4 is 5.32 Å². The molecule has 1 aromatic carbocycles. The first-order chi connectivity index (χ1) is 11.5. The maximum atomic E-state index is 12.9. The summed E-state index contributed by atoms with van der Waals surface area (Å²) < 4.78 is 77.7. The van der Waals surface area contributed by atoms with Crippen molar-refractivity contribution in [1.29, 1.82) is 0 Å². The topological polar surface area (TPSA) is 32.3 Å². The highest BCUT2D eigenvalue weighted by Gasteiger charge is 2.38. The highest BCUT2D eigenvalue weighted by atomic mass is 19.4. The molecule has 0 spiro atoms. The fourth-order valence-corrected chi connectivity index (χ4v) is 2.84. The standard InChI is InChI=1S/C16H18F6N2O/c1-2-5-24(13-3-4-23-9-13)14(25)10-6-11(15(17,18)19)8-12(7-10)16(20,21)22/h6-8,13,23H,2-5,9H2,1H3. The Morgan fingerprint density at radius 2 is 1.68 bits per heavy atom. The van der Waals surface area contributed by atoms with Crippen molar-refractivity contribution < 1.29 is 31.1 Å². The van der Waals surface area contributed by atoms with Crippen LogP contribution in [0.1, 0.15) is 41.3 Å². The number of carbonyl (C=O) groups excluding carboxylic acids is 1. The van der Waals surface area contributed by atoms with Crippen molar-refractivity contribution in [1.82, 2.24) is 10.2 Å². The van der Waals surface area contributed by atoms with Gasteiger partial charge in [-0.05, 0) is 37.6 Å². The van der Waals surface area contributed by atoms with Gasteiger partial charge < -0.3 is 10.2 Å². The number of benzene rings is 1. The van der Waals surface area contributed by atoms with Gasteiger partial charge in [-0.3, -0.25) is 4.79 Å². The third-order valence-corrected chi connectivity index (χ3v) is 4.04. The number of amides is 1. The second-order valence-electron chi connectivity index (χ2n) is 5.94. The normalized spacial score (nSPS) is 18.4. The second-order valence-corrected chi connectivity index (χ2v) is 5.94. The maximum Gasteiger partial charge on any atom is 0.416 e. The Morgan fingerprint density at radius 3 is 2.08 bits per heavy atom. The molecule has 25 heavy (non-hydrogen) atoms. The molecule has 0 aromatic heterocycles. The Hall–Kier alpha value is -1.77. The van der Waals surface area contributed by atoms with Crippen LogP contribution in [0.15, 0.2) is 18.2 Å². The van der Waals surface area contributed by atoms with E-state index in [0.717, 1.165) is 0 Å². The molecule has 1 aliphatic rings. The van der Waals surface area contributed by atoms with Gasteiger partial charge in [-0.15, -0.1) is 0 Å². The first kappa shape index (κ1) is 19.6. The minimum absolute atomic E-state index is 0.0259. The Morgan fingerprint density at radius 1 is 1.12 bits per heavy atom. The van der Waals surface area contributed by atoms with Gasteiger partial charge in [-0.1, -0.05) is 6.92 Å². The summed E-state index contributed by atoms with van der Waals surface area (Å²) in [5.74, 6) is -0.813. The molecule has 9 heteroatoms. The Kier molecular flexibility index (Phi) is 5.65. The third kappa shape index (κ3) is 4.65. The molecule has 0 saturated carbocycles. The summed E-state index contributed by atoms with van der Waals surface area (Å²) in [5.41, 5.74) is -3.55. The molecule has 0 bridgehead atoms. The summed E-state index contributed by atoms with van der Waals surface area (Å²) in [6, 6.07) is 0.764. The summed E-state index contributed by atoms with van der Waals surface area (Å²) in [7, 11) is 0. The molecular formula is C16H18F6N2O. The van der Waals surface area contributed by atoms with Crippen molar-refractivity contribution in [2.24, 2.45) is 0 Å². The van der Waals surface area contributed by atoms with E-state index in [0.29, 0.717) is 38.1 Å². The lowest BCUT2D eigenvalue weighted by atomic mass is 10.0. The number of alkyl halides is 6. The predicted molar refractivity (Wildman–Crippen MR) is 79.0 cm³/mol. The van der Waals surface area contributed by atoms with Gasteiger partial charge in [0.25, 0.3) is 5.91 Å². The molecule has 140 valence electrons. The minimum atomic E-state index is -4.97. The smallest absolute Gasteiger partial charge is 0.334 e. The molecule has 1 heterocycles. The van der Waals surface area contributed by atoms with Gasteiger partial charge in [0, 0.05) is 24.7 Å². The minimum Gasteiger partial charge on any atom is -0.334 e. The van der Waals surface area contributed by atoms with E-state index < -0.39 is 35.0 Å². The fraction of sp³-hybridized carbons (Fsp3) is 0.562. The van der Waals surface area contributed by atoms with Crippen LogP contribution >= 0.6 is 0 Å². The lowest BCUT2D eigenvalue weighted by Crippen LogP contribution is -2.42. The monoisotopic (exact) mass is 368 g/mol. The number of nitrogens with zero attached hydrogens (tertiary/aromatic N) is 1. The molecule has 1 atom stereocenters. The van der Waals surface area contributed by atoms with Crippen LogP contribution in [0.25, 0.3) is 0 Å². The summed E-state index contributed by atoms with van der Waals surface area (Å²) in [6.45, 7) is 3.17. The quantitative estimate of drug-likeness (QED) is 0.817. The maximum absolute atomic E-state index is 12.9. The van der Waals surface area contributed by atoms with Gasteiger partial charge in [-0.25, -0.2) is 0 Å². The second kappa shape index (κ2) is 7.23. The van der Waals surface area contributed by atoms with Crippen LogP contribution in [-0.2, 0) is 12.4 Å². The number of carbonyl (C=O) groups is 1. The van der Waals surface area contributed by atoms with E-state index >= 15 is 0 Å². The van der Waals surface area contributed by atoms with Crippen molar-refractivity contribution >= 4 is 5.91 Å². The Bertz CT molecular complexity index is 588. The highest BCUT2D eigenvalue weighted by molar-refractivity contribution is 5.95. The lowest BCUT2D eigenvalue weighted by Gasteiger charge is -2.29. The SMILES string of the molecule is CCCN(C(=O)c1cc(C(F)(F)F)cc(C(F)(F)F)c1)C1CCNC1. The number of hydrogen-bond acceptors (Lipinski definition) is 2. The molecule has 1 N–H and O–H groups in total. The molecule has 1 fully saturated rings. The zero-order chi connectivity index (χ0) is 18.8. The molecule has 3 nitrogen and oxygen atoms in total. The van der Waals surface area contributed by atoms with Crippen LogP contribution in [0.4, 0.5) is 26.3 Å². The molecule has 1 aromatic rings. The highest BCUT2D eigenvalue weighted by Crippen LogP contribution is 2.36. The number of halogens is 6. The Labute approximate surface area is 141 Å². The molecule has 1 saturated heterocycles. The average Bonchev–Trinajstić information content (AvgIpc) is 3.04. The van der Waals surface area contributed by atoms with E-state index in [1.54, 1.807) is 6.92 Å². The van der Waals surface area contributed by atoms with E-state index in [4.69, 9.17) is 0 Å². The molecule has 1 aliphatic heterocycles. The average molecular weight is 368 g/mol. The van der Waals surface area contributed by atoms with E-state index in [1.165, 1.54) is 4.90 Å². The van der Waals surface area contributed by atoms with Crippen molar-refractivity contribution in [2.75, 3.05) is 19.6 Å². The van der Waals surface area contributed by atoms with Gasteiger partial charge in [-0.2, -0.15) is 26.3 Å². The van der Waals surface area contributed by atoms with Crippen LogP contribution in [0.5, 0.6) is 0 Å². The molecule has 2 rings (SSSR count). The molecular weight excluding hydrogens is 350 g/mol. The van der Waals surface area contributed by atoms with Crippen molar-refractivity contribution in [2.45, 2.75) is 38.2 Å². The number of hydrogen-bond donors (Lipinski definition) is 1. The zero-order valence-corrected chi connectivity index (χ0v) is 13.5. The zero-order valence-electron chi connectivity index (χ0n) is 13.5. The third-order valence-electron chi connectivity index (χ3n) is 4.04. The van der Waals surface area contributed by atoms with Gasteiger partial charge in [0.05, 0.1) is 11.1 Å². The molecule has 1 unspecified atom stereocenters. The predicted octanol–water partition coefficient (Wildman–Crippen LogP) is 3.94. The Balaban J connectivity index is 2.46. The van der Waals surface area contributed by atoms with Crippen LogP contribution in [0.3, 0.4) is 0 Å². The van der Waals surface area contributed by atoms with Crippen molar-refractivity contribution in [3.05, 3.63) is 34.9 Å². The van der Waals surface area contributed by atoms with Crippen LogP contribution in [-0.4, -0.2) is 36.5 Å². The van der Waals surface area contributed by atoms with E-state index in [9.17, 15) is 31.1 Å². The van der Waals surface area contributed by atoms with Crippen LogP contribution in [0.2, 0.25) is 0 Å².